The lowest BCUT2D eigenvalue weighted by atomic mass is 9.85. The maximum absolute atomic E-state index is 13.3. The molecule has 1 N–H and O–H groups in total. The van der Waals surface area contributed by atoms with E-state index in [0.717, 1.165) is 48.5 Å². The fraction of sp³-hybridized carbons (Fsp3) is 0.519. The lowest BCUT2D eigenvalue weighted by Gasteiger charge is -2.37. The highest BCUT2D eigenvalue weighted by atomic mass is 32.1. The number of aromatic nitrogens is 1. The lowest BCUT2D eigenvalue weighted by Crippen LogP contribution is -2.43. The zero-order valence-electron chi connectivity index (χ0n) is 20.4. The van der Waals surface area contributed by atoms with Gasteiger partial charge in [-0.15, -0.1) is 11.3 Å². The fourth-order valence-electron chi connectivity index (χ4n) is 5.47. The van der Waals surface area contributed by atoms with Gasteiger partial charge in [-0.3, -0.25) is 4.79 Å². The molecule has 3 heterocycles. The first-order chi connectivity index (χ1) is 17.1. The number of fused-ring (bicyclic) bond motifs is 1. The summed E-state index contributed by atoms with van der Waals surface area (Å²) < 4.78 is 5.18. The first-order valence-electron chi connectivity index (χ1n) is 12.8. The molecule has 1 atom stereocenters. The smallest absolute Gasteiger partial charge is 0.317 e. The van der Waals surface area contributed by atoms with Gasteiger partial charge in [-0.25, -0.2) is 9.78 Å². The number of allylic oxidation sites excluding steroid dienone is 2. The molecule has 1 aromatic heterocycles. The van der Waals surface area contributed by atoms with E-state index in [9.17, 15) is 9.59 Å². The Morgan fingerprint density at radius 1 is 1.06 bits per heavy atom. The number of carbonyl (C=O) groups excluding carboxylic acids is 2. The van der Waals surface area contributed by atoms with Crippen LogP contribution >= 0.6 is 11.3 Å². The molecule has 3 amide bonds. The number of amides is 3. The lowest BCUT2D eigenvalue weighted by molar-refractivity contribution is 0.0743. The first kappa shape index (κ1) is 23.9. The number of piperidine rings is 2. The van der Waals surface area contributed by atoms with Gasteiger partial charge < -0.3 is 19.9 Å². The number of methoxy groups -OCH3 is 1. The number of likely N-dealkylation sites (tertiary alicyclic amines) is 2. The Kier molecular flexibility index (Phi) is 7.37. The van der Waals surface area contributed by atoms with Gasteiger partial charge >= 0.3 is 6.03 Å². The number of nitrogens with zero attached hydrogens (tertiary/aromatic N) is 3. The molecule has 0 spiro atoms. The maximum Gasteiger partial charge on any atom is 0.317 e. The van der Waals surface area contributed by atoms with Crippen LogP contribution in [0.1, 0.15) is 71.9 Å². The minimum Gasteiger partial charge on any atom is -0.497 e. The van der Waals surface area contributed by atoms with Crippen LogP contribution in [-0.4, -0.2) is 53.5 Å². The van der Waals surface area contributed by atoms with E-state index < -0.39 is 0 Å². The third-order valence-electron chi connectivity index (χ3n) is 7.49. The van der Waals surface area contributed by atoms with Gasteiger partial charge in [0.25, 0.3) is 5.91 Å². The van der Waals surface area contributed by atoms with E-state index in [2.05, 4.69) is 11.4 Å². The van der Waals surface area contributed by atoms with Crippen LogP contribution in [-0.2, 0) is 6.54 Å². The molecule has 2 aliphatic heterocycles. The van der Waals surface area contributed by atoms with E-state index in [0.29, 0.717) is 37.2 Å². The molecule has 2 saturated heterocycles. The van der Waals surface area contributed by atoms with E-state index >= 15 is 0 Å². The molecule has 5 rings (SSSR count). The summed E-state index contributed by atoms with van der Waals surface area (Å²) in [5.41, 5.74) is 2.85. The number of carbonyl (C=O) groups is 2. The van der Waals surface area contributed by atoms with E-state index in [-0.39, 0.29) is 11.9 Å². The molecule has 35 heavy (non-hydrogen) atoms. The highest BCUT2D eigenvalue weighted by Gasteiger charge is 2.32. The largest absolute Gasteiger partial charge is 0.497 e. The minimum absolute atomic E-state index is 0.0327. The number of thiazole rings is 1. The van der Waals surface area contributed by atoms with Crippen molar-refractivity contribution in [3.05, 3.63) is 57.7 Å². The van der Waals surface area contributed by atoms with Gasteiger partial charge in [0.2, 0.25) is 0 Å². The molecule has 186 valence electrons. The molecular weight excluding hydrogens is 460 g/mol. The second-order valence-corrected chi connectivity index (χ2v) is 10.6. The molecule has 3 aliphatic rings. The van der Waals surface area contributed by atoms with Crippen LogP contribution in [0.25, 0.3) is 0 Å². The topological polar surface area (TPSA) is 74.8 Å². The number of hydrogen-bond acceptors (Lipinski definition) is 5. The second-order valence-electron chi connectivity index (χ2n) is 9.69. The Hall–Kier alpha value is -2.87. The number of hydrogen-bond donors (Lipinski definition) is 1. The normalized spacial score (nSPS) is 20.7. The zero-order chi connectivity index (χ0) is 24.2. The molecule has 7 nitrogen and oxygen atoms in total. The van der Waals surface area contributed by atoms with E-state index in [1.54, 1.807) is 18.4 Å². The summed E-state index contributed by atoms with van der Waals surface area (Å²) in [7, 11) is 1.64. The number of benzene rings is 1. The summed E-state index contributed by atoms with van der Waals surface area (Å²) in [6.45, 7) is 2.69. The summed E-state index contributed by atoms with van der Waals surface area (Å²) in [6, 6.07) is 7.68. The zero-order valence-corrected chi connectivity index (χ0v) is 21.2. The minimum atomic E-state index is -0.0327. The number of rotatable bonds is 5. The van der Waals surface area contributed by atoms with Crippen LogP contribution in [0.3, 0.4) is 0 Å². The number of urea groups is 1. The van der Waals surface area contributed by atoms with Crippen molar-refractivity contribution in [2.75, 3.05) is 26.7 Å². The molecule has 2 fully saturated rings. The van der Waals surface area contributed by atoms with Gasteiger partial charge in [-0.2, -0.15) is 0 Å². The molecule has 1 aromatic carbocycles. The monoisotopic (exact) mass is 494 g/mol. The second kappa shape index (κ2) is 10.8. The van der Waals surface area contributed by atoms with E-state index in [1.807, 2.05) is 39.4 Å². The average Bonchev–Trinajstić information content (AvgIpc) is 3.42. The summed E-state index contributed by atoms with van der Waals surface area (Å²) >= 11 is 1.59. The summed E-state index contributed by atoms with van der Waals surface area (Å²) in [5, 5.41) is 5.97. The number of nitrogens with one attached hydrogen (secondary N) is 1. The highest BCUT2D eigenvalue weighted by Crippen LogP contribution is 2.36. The van der Waals surface area contributed by atoms with Crippen molar-refractivity contribution in [3.8, 4) is 5.75 Å². The maximum atomic E-state index is 13.3. The third-order valence-corrected chi connectivity index (χ3v) is 8.50. The fourth-order valence-corrected chi connectivity index (χ4v) is 6.43. The standard InChI is InChI=1S/C27H34N4O3S/c1-34-22-10-8-19(9-11-22)17-28-27(33)30-15-12-21(13-16-30)25-29-23(18-35-25)26(32)31-14-4-6-20-5-2-3-7-24(20)31/h7-11,18,20-21H,2-6,12-17H2,1H3,(H,28,33). The Bertz CT molecular complexity index is 1070. The van der Waals surface area contributed by atoms with Gasteiger partial charge in [0.1, 0.15) is 11.4 Å². The van der Waals surface area contributed by atoms with Crippen molar-refractivity contribution in [2.24, 2.45) is 5.92 Å². The highest BCUT2D eigenvalue weighted by molar-refractivity contribution is 7.09. The predicted molar refractivity (Wildman–Crippen MR) is 137 cm³/mol. The summed E-state index contributed by atoms with van der Waals surface area (Å²) in [6.07, 6.45) is 9.79. The van der Waals surface area contributed by atoms with Crippen LogP contribution < -0.4 is 10.1 Å². The quantitative estimate of drug-likeness (QED) is 0.623. The van der Waals surface area contributed by atoms with Crippen molar-refractivity contribution in [2.45, 2.75) is 57.4 Å². The van der Waals surface area contributed by atoms with Gasteiger partial charge in [0, 0.05) is 43.2 Å². The van der Waals surface area contributed by atoms with Crippen molar-refractivity contribution in [1.29, 1.82) is 0 Å². The molecule has 1 unspecified atom stereocenters. The van der Waals surface area contributed by atoms with Crippen molar-refractivity contribution >= 4 is 23.3 Å². The van der Waals surface area contributed by atoms with Gasteiger partial charge in [0.05, 0.1) is 12.1 Å². The van der Waals surface area contributed by atoms with Crippen molar-refractivity contribution in [3.63, 3.8) is 0 Å². The molecule has 8 heteroatoms. The Labute approximate surface area is 211 Å². The van der Waals surface area contributed by atoms with Crippen molar-refractivity contribution in [1.82, 2.24) is 20.1 Å². The first-order valence-corrected chi connectivity index (χ1v) is 13.6. The van der Waals surface area contributed by atoms with Crippen LogP contribution in [0.4, 0.5) is 4.79 Å². The predicted octanol–water partition coefficient (Wildman–Crippen LogP) is 5.16. The van der Waals surface area contributed by atoms with Gasteiger partial charge in [-0.1, -0.05) is 18.2 Å². The average molecular weight is 495 g/mol. The molecule has 2 aromatic rings. The van der Waals surface area contributed by atoms with Crippen molar-refractivity contribution < 1.29 is 14.3 Å². The van der Waals surface area contributed by atoms with Crippen LogP contribution in [0, 0.1) is 5.92 Å². The number of ether oxygens (including phenoxy) is 1. The Morgan fingerprint density at radius 3 is 2.60 bits per heavy atom. The van der Waals surface area contributed by atoms with Gasteiger partial charge in [-0.05, 0) is 68.6 Å². The molecule has 0 radical (unpaired) electrons. The third kappa shape index (κ3) is 5.37. The Balaban J connectivity index is 1.13. The SMILES string of the molecule is COc1ccc(CNC(=O)N2CCC(c3nc(C(=O)N4CCCC5CCCC=C54)cs3)CC2)cc1. The van der Waals surface area contributed by atoms with E-state index in [1.165, 1.54) is 25.0 Å². The summed E-state index contributed by atoms with van der Waals surface area (Å²) in [4.78, 5) is 34.6. The molecule has 1 aliphatic carbocycles. The van der Waals surface area contributed by atoms with Crippen LogP contribution in [0.15, 0.2) is 41.4 Å². The molecular formula is C27H34N4O3S. The van der Waals surface area contributed by atoms with Crippen LogP contribution in [0.5, 0.6) is 5.75 Å². The van der Waals surface area contributed by atoms with Gasteiger partial charge in [0.15, 0.2) is 0 Å². The van der Waals surface area contributed by atoms with E-state index in [4.69, 9.17) is 9.72 Å². The molecule has 0 bridgehead atoms. The van der Waals surface area contributed by atoms with Crippen LogP contribution in [0.2, 0.25) is 0 Å². The Morgan fingerprint density at radius 2 is 1.83 bits per heavy atom. The summed E-state index contributed by atoms with van der Waals surface area (Å²) in [5.74, 6) is 1.70. The molecule has 0 saturated carbocycles.